The molecule has 2 bridgehead atoms. The van der Waals surface area contributed by atoms with Crippen LogP contribution in [-0.4, -0.2) is 154 Å². The lowest BCUT2D eigenvalue weighted by molar-refractivity contribution is -0.120. The normalized spacial score (nSPS) is 24.7. The van der Waals surface area contributed by atoms with E-state index < -0.39 is 11.8 Å². The molecule has 5 atom stereocenters. The van der Waals surface area contributed by atoms with E-state index in [1.807, 2.05) is 37.5 Å². The first-order valence-electron chi connectivity index (χ1n) is 27.8. The number of urea groups is 1. The molecule has 10 heterocycles. The zero-order valence-electron chi connectivity index (χ0n) is 44.3. The fraction of sp³-hybridized carbons (Fsp3) is 0.475. The van der Waals surface area contributed by atoms with Crippen LogP contribution in [-0.2, 0) is 27.7 Å². The van der Waals surface area contributed by atoms with Crippen LogP contribution < -0.4 is 30.1 Å². The second-order valence-corrected chi connectivity index (χ2v) is 22.5. The Bertz CT molecular complexity index is 3450. The zero-order chi connectivity index (χ0) is 53.4. The van der Waals surface area contributed by atoms with Gasteiger partial charge >= 0.3 is 18.1 Å². The standard InChI is InChI=1S/C59H65FN12O6/c1-5-43-48(60)15-10-36-8-7-9-46(51(36)43)52-44(6-2)53-47(28-61-52)54(70-30-37-11-12-38(31-70)62-37)65-56(64-53)77-34-59-21-16-40(72(59)29-35(3)27-59)33-76-58(75)69-24-19-42(32-69)78-41-17-22-68(23-18-41)39-13-14-45-49(26-39)67(4)66-55(45)71-25-20-50(73)63-57(71)74/h1,7-10,13-15,26,28,37-38,40-42,62H,3,6,11-12,16-25,27,29-34H2,2,4H3,(H,63,73,74). The maximum atomic E-state index is 15.3. The Morgan fingerprint density at radius 1 is 0.936 bits per heavy atom. The number of aryl methyl sites for hydroxylation is 2. The lowest BCUT2D eigenvalue weighted by Crippen LogP contribution is -2.51. The van der Waals surface area contributed by atoms with E-state index in [4.69, 9.17) is 35.6 Å². The summed E-state index contributed by atoms with van der Waals surface area (Å²) < 4.78 is 36.6. The average molecular weight is 1060 g/mol. The summed E-state index contributed by atoms with van der Waals surface area (Å²) in [5.74, 6) is 3.23. The zero-order valence-corrected chi connectivity index (χ0v) is 44.3. The van der Waals surface area contributed by atoms with E-state index in [1.54, 1.807) is 15.6 Å². The first kappa shape index (κ1) is 50.1. The third-order valence-electron chi connectivity index (χ3n) is 17.6. The van der Waals surface area contributed by atoms with Crippen LogP contribution in [0.3, 0.4) is 0 Å². The highest BCUT2D eigenvalue weighted by Gasteiger charge is 2.52. The fourth-order valence-corrected chi connectivity index (χ4v) is 13.8. The maximum absolute atomic E-state index is 15.3. The molecule has 7 aliphatic heterocycles. The molecule has 0 radical (unpaired) electrons. The van der Waals surface area contributed by atoms with Gasteiger partial charge in [-0.3, -0.25) is 29.6 Å². The number of anilines is 3. The minimum atomic E-state index is -0.449. The molecule has 2 N–H and O–H groups in total. The van der Waals surface area contributed by atoms with Crippen molar-refractivity contribution in [3.63, 3.8) is 0 Å². The van der Waals surface area contributed by atoms with Gasteiger partial charge in [0.1, 0.15) is 24.8 Å². The topological polar surface area (TPSA) is 176 Å². The molecule has 78 heavy (non-hydrogen) atoms. The van der Waals surface area contributed by atoms with Gasteiger partial charge in [-0.25, -0.2) is 14.0 Å². The van der Waals surface area contributed by atoms with Crippen LogP contribution in [0.2, 0.25) is 0 Å². The quantitative estimate of drug-likeness (QED) is 0.0927. The van der Waals surface area contributed by atoms with Crippen molar-refractivity contribution in [2.45, 2.75) is 107 Å². The molecule has 7 saturated heterocycles. The Labute approximate surface area is 452 Å². The molecule has 5 unspecified atom stereocenters. The number of hydrogen-bond donors (Lipinski definition) is 2. The Hall–Kier alpha value is -7.40. The van der Waals surface area contributed by atoms with Crippen molar-refractivity contribution in [1.29, 1.82) is 0 Å². The number of piperidine rings is 1. The van der Waals surface area contributed by atoms with Gasteiger partial charge in [-0.05, 0) is 87.4 Å². The van der Waals surface area contributed by atoms with Gasteiger partial charge in [-0.15, -0.1) is 6.42 Å². The Morgan fingerprint density at radius 2 is 1.76 bits per heavy atom. The summed E-state index contributed by atoms with van der Waals surface area (Å²) in [6, 6.07) is 15.8. The number of aromatic nitrogens is 5. The lowest BCUT2D eigenvalue weighted by Gasteiger charge is -2.35. The Kier molecular flexibility index (Phi) is 12.9. The number of terminal acetylenes is 1. The second kappa shape index (κ2) is 20.1. The Morgan fingerprint density at radius 3 is 2.55 bits per heavy atom. The van der Waals surface area contributed by atoms with Crippen molar-refractivity contribution in [2.24, 2.45) is 7.05 Å². The van der Waals surface area contributed by atoms with Crippen molar-refractivity contribution < 1.29 is 33.0 Å². The number of carbonyl (C=O) groups is 3. The molecule has 3 aromatic carbocycles. The van der Waals surface area contributed by atoms with Crippen LogP contribution in [0.15, 0.2) is 66.9 Å². The summed E-state index contributed by atoms with van der Waals surface area (Å²) in [6.07, 6.45) is 15.5. The fourth-order valence-electron chi connectivity index (χ4n) is 13.8. The van der Waals surface area contributed by atoms with Crippen LogP contribution in [0.5, 0.6) is 6.01 Å². The van der Waals surface area contributed by atoms with Crippen LogP contribution in [0.1, 0.15) is 75.8 Å². The first-order valence-corrected chi connectivity index (χ1v) is 27.8. The molecule has 19 heteroatoms. The van der Waals surface area contributed by atoms with Gasteiger partial charge < -0.3 is 34.2 Å². The molecular weight excluding hydrogens is 992 g/mol. The number of pyridine rings is 1. The van der Waals surface area contributed by atoms with Crippen LogP contribution >= 0.6 is 0 Å². The minimum Gasteiger partial charge on any atom is -0.461 e. The number of imide groups is 1. The number of halogens is 1. The molecule has 7 aliphatic rings. The molecule has 404 valence electrons. The van der Waals surface area contributed by atoms with E-state index in [9.17, 15) is 14.4 Å². The van der Waals surface area contributed by atoms with Gasteiger partial charge in [0.25, 0.3) is 0 Å². The number of hydrogen-bond acceptors (Lipinski definition) is 14. The summed E-state index contributed by atoms with van der Waals surface area (Å²) in [5.41, 5.74) is 6.09. The number of fused-ring (bicyclic) bond motifs is 6. The summed E-state index contributed by atoms with van der Waals surface area (Å²) in [7, 11) is 1.87. The number of rotatable bonds is 12. The predicted molar refractivity (Wildman–Crippen MR) is 295 cm³/mol. The summed E-state index contributed by atoms with van der Waals surface area (Å²) in [5, 5.41) is 14.0. The number of carbonyl (C=O) groups excluding carboxylic acids is 3. The van der Waals surface area contributed by atoms with Gasteiger partial charge in [-0.1, -0.05) is 49.3 Å². The van der Waals surface area contributed by atoms with Gasteiger partial charge in [0.15, 0.2) is 5.82 Å². The SMILES string of the molecule is C#Cc1c(F)ccc2cccc(-c3ncc4c(N5CC6CCC(C5)N6)nc(OCC56CCC(COC(=O)N7CCC(OC8CCN(c9ccc%10c(N%11CCC(=O)NC%11=O)nn(C)c%10c9)CC8)C7)N5CC(=C)C6)nc4c3CC)c12. The van der Waals surface area contributed by atoms with E-state index in [0.29, 0.717) is 74.2 Å². The van der Waals surface area contributed by atoms with Crippen molar-refractivity contribution in [3.8, 4) is 29.6 Å². The molecule has 0 aliphatic carbocycles. The highest BCUT2D eigenvalue weighted by molar-refractivity contribution is 6.09. The van der Waals surface area contributed by atoms with E-state index in [-0.39, 0.29) is 54.4 Å². The monoisotopic (exact) mass is 1060 g/mol. The Balaban J connectivity index is 0.653. The summed E-state index contributed by atoms with van der Waals surface area (Å²) in [4.78, 5) is 64.0. The number of benzene rings is 3. The second-order valence-electron chi connectivity index (χ2n) is 22.5. The van der Waals surface area contributed by atoms with Crippen molar-refractivity contribution in [3.05, 3.63) is 83.8 Å². The van der Waals surface area contributed by atoms with Crippen molar-refractivity contribution in [1.82, 2.24) is 45.2 Å². The molecule has 0 saturated carbocycles. The van der Waals surface area contributed by atoms with Crippen LogP contribution in [0, 0.1) is 18.2 Å². The van der Waals surface area contributed by atoms with Gasteiger partial charge in [0, 0.05) is 111 Å². The average Bonchev–Trinajstić information content (AvgIpc) is 4.43. The van der Waals surface area contributed by atoms with E-state index in [1.165, 1.54) is 11.0 Å². The van der Waals surface area contributed by atoms with Gasteiger partial charge in [0.2, 0.25) is 5.91 Å². The van der Waals surface area contributed by atoms with Crippen LogP contribution in [0.4, 0.5) is 31.3 Å². The largest absolute Gasteiger partial charge is 0.461 e. The molecule has 6 aromatic rings. The van der Waals surface area contributed by atoms with Crippen LogP contribution in [0.25, 0.3) is 43.8 Å². The van der Waals surface area contributed by atoms with Crippen molar-refractivity contribution in [2.75, 3.05) is 80.3 Å². The molecular formula is C59H65FN12O6. The molecule has 13 rings (SSSR count). The molecule has 18 nitrogen and oxygen atoms in total. The number of likely N-dealkylation sites (tertiary alicyclic amines) is 1. The lowest BCUT2D eigenvalue weighted by atomic mass is 9.93. The molecule has 0 spiro atoms. The summed E-state index contributed by atoms with van der Waals surface area (Å²) in [6.45, 7) is 12.5. The predicted octanol–water partition coefficient (Wildman–Crippen LogP) is 7.24. The van der Waals surface area contributed by atoms with Gasteiger partial charge in [-0.2, -0.15) is 15.1 Å². The number of amides is 4. The molecule has 7 fully saturated rings. The number of nitrogens with one attached hydrogen (secondary N) is 2. The molecule has 4 amide bonds. The number of nitrogens with zero attached hydrogens (tertiary/aromatic N) is 10. The highest BCUT2D eigenvalue weighted by atomic mass is 19.1. The van der Waals surface area contributed by atoms with Gasteiger partial charge in [0.05, 0.1) is 52.0 Å². The number of ether oxygens (including phenoxy) is 3. The highest BCUT2D eigenvalue weighted by Crippen LogP contribution is 2.45. The summed E-state index contributed by atoms with van der Waals surface area (Å²) >= 11 is 0. The third kappa shape index (κ3) is 9.00. The molecule has 3 aromatic heterocycles. The smallest absolute Gasteiger partial charge is 0.409 e. The van der Waals surface area contributed by atoms with E-state index in [2.05, 4.69) is 62.0 Å². The first-order chi connectivity index (χ1) is 37.9. The van der Waals surface area contributed by atoms with E-state index >= 15 is 4.39 Å². The van der Waals surface area contributed by atoms with Crippen molar-refractivity contribution >= 4 is 67.9 Å². The maximum Gasteiger partial charge on any atom is 0.409 e. The minimum absolute atomic E-state index is 0.00330. The van der Waals surface area contributed by atoms with E-state index in [0.717, 1.165) is 133 Å². The number of piperazine rings is 1. The third-order valence-corrected chi connectivity index (χ3v) is 17.6.